The topological polar surface area (TPSA) is 219 Å². The lowest BCUT2D eigenvalue weighted by atomic mass is 9.92. The monoisotopic (exact) mass is 1090 g/mol. The van der Waals surface area contributed by atoms with E-state index in [1.54, 1.807) is 17.1 Å². The zero-order valence-corrected chi connectivity index (χ0v) is 45.5. The fourth-order valence-corrected chi connectivity index (χ4v) is 7.73. The third kappa shape index (κ3) is 22.4. The number of ether oxygens (including phenoxy) is 2. The van der Waals surface area contributed by atoms with Crippen molar-refractivity contribution in [1.82, 2.24) is 19.2 Å². The maximum absolute atomic E-state index is 14.5. The molecule has 24 heteroatoms. The highest BCUT2D eigenvalue weighted by Gasteiger charge is 2.31. The Morgan fingerprint density at radius 2 is 1.84 bits per heavy atom. The molecule has 3 heterocycles. The van der Waals surface area contributed by atoms with Crippen LogP contribution in [0.4, 0.5) is 21.5 Å². The average molecular weight is 1100 g/mol. The molecule has 388 valence electrons. The molecule has 17 nitrogen and oxygen atoms in total. The van der Waals surface area contributed by atoms with Crippen LogP contribution in [0.15, 0.2) is 60.6 Å². The second kappa shape index (κ2) is 31.9. The molecule has 2 aliphatic rings. The van der Waals surface area contributed by atoms with E-state index in [1.165, 1.54) is 33.5 Å². The number of benzene rings is 2. The lowest BCUT2D eigenvalue weighted by Crippen LogP contribution is -2.39. The molecule has 1 aromatic heterocycles. The number of terminal acetylenes is 1. The first-order valence-corrected chi connectivity index (χ1v) is 27.8. The molecule has 0 spiro atoms. The third-order valence-corrected chi connectivity index (χ3v) is 11.0. The summed E-state index contributed by atoms with van der Waals surface area (Å²) in [6.45, 7) is 19.2. The molecule has 3 aromatic rings. The van der Waals surface area contributed by atoms with E-state index >= 15 is 0 Å². The Morgan fingerprint density at radius 3 is 2.36 bits per heavy atom. The van der Waals surface area contributed by atoms with Crippen molar-refractivity contribution in [3.05, 3.63) is 83.2 Å². The number of halogens is 4. The third-order valence-electron chi connectivity index (χ3n) is 9.03. The van der Waals surface area contributed by atoms with Crippen molar-refractivity contribution in [3.63, 3.8) is 0 Å². The molecule has 0 aliphatic carbocycles. The van der Waals surface area contributed by atoms with Gasteiger partial charge in [0.2, 0.25) is 10.7 Å². The van der Waals surface area contributed by atoms with E-state index < -0.39 is 37.0 Å². The van der Waals surface area contributed by atoms with Crippen molar-refractivity contribution in [2.45, 2.75) is 58.8 Å². The molecule has 3 N–H and O–H groups in total. The Kier molecular flexibility index (Phi) is 29.1. The summed E-state index contributed by atoms with van der Waals surface area (Å²) < 4.78 is 41.6. The van der Waals surface area contributed by atoms with Crippen LogP contribution < -0.4 is 29.5 Å². The predicted octanol–water partition coefficient (Wildman–Crippen LogP) is 6.03. The van der Waals surface area contributed by atoms with Gasteiger partial charge in [0.15, 0.2) is 17.3 Å². The Bertz CT molecular complexity index is 2380. The van der Waals surface area contributed by atoms with Gasteiger partial charge in [0, 0.05) is 50.3 Å². The largest absolute Gasteiger partial charge is 0.778 e. The molecule has 0 radical (unpaired) electrons. The normalized spacial score (nSPS) is 14.0. The molecule has 0 fully saturated rings. The van der Waals surface area contributed by atoms with Crippen molar-refractivity contribution < 1.29 is 52.5 Å². The minimum atomic E-state index is -4.35. The molecule has 1 unspecified atom stereocenters. The Hall–Kier alpha value is -4.26. The molecule has 1 atom stereocenters. The first kappa shape index (κ1) is 63.8. The fraction of sp³-hybridized carbons (Fsp3) is 0.478. The van der Waals surface area contributed by atoms with Crippen molar-refractivity contribution in [3.8, 4) is 18.1 Å². The van der Waals surface area contributed by atoms with E-state index in [0.717, 1.165) is 42.0 Å². The molecular formula is C46H64Cl3FN7O10PS2. The number of para-hydroxylation sites is 1. The number of fused-ring (bicyclic) bond motifs is 2. The summed E-state index contributed by atoms with van der Waals surface area (Å²) >= 11 is 17.7. The summed E-state index contributed by atoms with van der Waals surface area (Å²) in [5, 5.41) is 9.97. The number of rotatable bonds is 17. The fourth-order valence-electron chi connectivity index (χ4n) is 6.16. The van der Waals surface area contributed by atoms with Gasteiger partial charge in [-0.15, -0.1) is 31.2 Å². The number of alkyl halides is 3. The minimum Gasteiger partial charge on any atom is -0.778 e. The summed E-state index contributed by atoms with van der Waals surface area (Å²) in [6.07, 6.45) is 16.2. The number of carbonyl (C=O) groups excluding carboxylic acids is 3. The number of carboxylic acid groups (broad SMARTS) is 1. The number of aliphatic carboxylic acids is 1. The van der Waals surface area contributed by atoms with Crippen molar-refractivity contribution >= 4 is 106 Å². The van der Waals surface area contributed by atoms with Gasteiger partial charge in [0.05, 0.1) is 49.5 Å². The van der Waals surface area contributed by atoms with E-state index in [0.29, 0.717) is 46.8 Å². The van der Waals surface area contributed by atoms with E-state index in [2.05, 4.69) is 68.0 Å². The van der Waals surface area contributed by atoms with Crippen LogP contribution in [0, 0.1) is 30.5 Å². The lowest BCUT2D eigenvalue weighted by molar-refractivity contribution is -0.193. The van der Waals surface area contributed by atoms with Gasteiger partial charge in [-0.25, -0.2) is 9.38 Å². The molecule has 0 saturated heterocycles. The number of hydrogen-bond acceptors (Lipinski definition) is 12. The number of aromatic nitrogens is 2. The molecule has 3 amide bonds. The Morgan fingerprint density at radius 1 is 1.21 bits per heavy atom. The molecule has 0 bridgehead atoms. The van der Waals surface area contributed by atoms with Gasteiger partial charge in [-0.2, -0.15) is 4.37 Å². The summed E-state index contributed by atoms with van der Waals surface area (Å²) in [5.74, 6) is 1.26. The molecule has 5 rings (SSSR count). The van der Waals surface area contributed by atoms with Crippen molar-refractivity contribution in [1.29, 1.82) is 0 Å². The first-order chi connectivity index (χ1) is 32.8. The second-order valence-electron chi connectivity index (χ2n) is 16.1. The van der Waals surface area contributed by atoms with Crippen LogP contribution in [0.25, 0.3) is 0 Å². The molecule has 0 saturated carbocycles. The Labute approximate surface area is 432 Å². The minimum absolute atomic E-state index is 0.0371. The predicted molar refractivity (Wildman–Crippen MR) is 279 cm³/mol. The van der Waals surface area contributed by atoms with Crippen molar-refractivity contribution in [2.75, 3.05) is 86.9 Å². The van der Waals surface area contributed by atoms with E-state index in [4.69, 9.17) is 60.7 Å². The lowest BCUT2D eigenvalue weighted by Gasteiger charge is -2.28. The smallest absolute Gasteiger partial charge is 0.317 e. The maximum atomic E-state index is 14.5. The van der Waals surface area contributed by atoms with Gasteiger partial charge in [0.1, 0.15) is 37.5 Å². The van der Waals surface area contributed by atoms with Gasteiger partial charge in [-0.1, -0.05) is 80.2 Å². The van der Waals surface area contributed by atoms with Crippen LogP contribution in [0.3, 0.4) is 0 Å². The van der Waals surface area contributed by atoms with Crippen LogP contribution in [0.1, 0.15) is 44.6 Å². The van der Waals surface area contributed by atoms with Crippen LogP contribution in [0.5, 0.6) is 5.75 Å². The van der Waals surface area contributed by atoms with Crippen molar-refractivity contribution in [2.24, 2.45) is 10.4 Å². The number of anilines is 2. The summed E-state index contributed by atoms with van der Waals surface area (Å²) in [4.78, 5) is 71.6. The average Bonchev–Trinajstić information content (AvgIpc) is 3.79. The van der Waals surface area contributed by atoms with Gasteiger partial charge < -0.3 is 38.4 Å². The molecule has 2 aromatic carbocycles. The molecule has 70 heavy (non-hydrogen) atoms. The zero-order valence-electron chi connectivity index (χ0n) is 40.7. The number of hydrogen-bond donors (Lipinski definition) is 3. The number of aryl methyl sites for hydroxylation is 2. The van der Waals surface area contributed by atoms with Crippen LogP contribution in [-0.2, 0) is 58.8 Å². The molecule has 2 aliphatic heterocycles. The van der Waals surface area contributed by atoms with Crippen LogP contribution in [-0.4, -0.2) is 129 Å². The first-order valence-electron chi connectivity index (χ1n) is 21.4. The summed E-state index contributed by atoms with van der Waals surface area (Å²) in [6, 6.07) is 8.78. The quantitative estimate of drug-likeness (QED) is 0.0353. The van der Waals surface area contributed by atoms with E-state index in [-0.39, 0.29) is 54.6 Å². The number of amides is 3. The molecular weight excluding hydrogens is 1030 g/mol. The van der Waals surface area contributed by atoms with Gasteiger partial charge in [0.25, 0.3) is 11.8 Å². The standard InChI is InChI=1S/C18H17FN4O2S.C14H20ClNO2.C8H11Cl2NO.C3H8NO5P.C3H9S/c1-4-5-22-13-7-12(11(19)6-14(13)25-9-16(22)24)20-17-23-10-18(2,3)8-15(23)21-26-17;1-4-12-8-6-7-11(3)14(12)16(10-18-5-2)13(17)9-15;1-3-5-11(6-4-2)8(12)7(9)10;5-3(6)1-4-2-10(7,8)9;1-4(2)3/h1,6-7H,5,8-10H2,2-3H3;6-8H,4-5,9-10H2,1-3H3;3-4,7H,1-2,5-6H2;4H,1-2H2,(H,5,6)(H2,7,8,9);1-3H3/q;;;;+1/p-1/b20-17-;;;;. The highest BCUT2D eigenvalue weighted by Crippen LogP contribution is 2.38. The number of nitrogens with zero attached hydrogens (tertiary/aromatic N) is 6. The van der Waals surface area contributed by atoms with Crippen LogP contribution in [0.2, 0.25) is 0 Å². The van der Waals surface area contributed by atoms with E-state index in [1.807, 2.05) is 41.9 Å². The van der Waals surface area contributed by atoms with Gasteiger partial charge in [-0.05, 0) is 53.8 Å². The number of carbonyl (C=O) groups is 4. The highest BCUT2D eigenvalue weighted by atomic mass is 35.5. The summed E-state index contributed by atoms with van der Waals surface area (Å²) in [5.41, 5.74) is 3.80. The number of carboxylic acids is 1. The Balaban J connectivity index is 0.000000487. The van der Waals surface area contributed by atoms with Gasteiger partial charge in [-0.3, -0.25) is 34.3 Å². The summed E-state index contributed by atoms with van der Waals surface area (Å²) in [7, 11) is -3.71. The SMILES string of the molecule is C#CCN1C(=O)COc2cc(F)c(/N=c3\snc4n3CC(C)(C)C4)cc21.C=CCN(CC=C)C(=O)C(Cl)Cl.CCOCN(C(=O)CCl)c1c(C)cccc1CC.C[S+](C)C.O=C(O)CNCP(=O)([O-])O. The maximum Gasteiger partial charge on any atom is 0.317 e. The van der Waals surface area contributed by atoms with Gasteiger partial charge >= 0.3 is 5.97 Å². The second-order valence-corrected chi connectivity index (χ2v) is 22.3. The zero-order chi connectivity index (χ0) is 53.4. The van der Waals surface area contributed by atoms with Crippen LogP contribution >= 0.6 is 53.9 Å². The number of nitrogens with one attached hydrogen (secondary N) is 1. The van der Waals surface area contributed by atoms with E-state index in [9.17, 15) is 33.0 Å². The highest BCUT2D eigenvalue weighted by molar-refractivity contribution is 7.94.